The van der Waals surface area contributed by atoms with Crippen molar-refractivity contribution >= 4 is 26.9 Å². The Hall–Kier alpha value is -2.67. The van der Waals surface area contributed by atoms with Crippen LogP contribution >= 0.6 is 0 Å². The third-order valence-electron chi connectivity index (χ3n) is 5.10. The van der Waals surface area contributed by atoms with Crippen LogP contribution in [-0.2, 0) is 19.6 Å². The molecule has 5 nitrogen and oxygen atoms in total. The Balaban J connectivity index is 1.74. The summed E-state index contributed by atoms with van der Waals surface area (Å²) in [7, 11) is -1.76. The second-order valence-electron chi connectivity index (χ2n) is 7.18. The highest BCUT2D eigenvalue weighted by molar-refractivity contribution is 7.85. The average molecular weight is 382 g/mol. The third kappa shape index (κ3) is 2.49. The van der Waals surface area contributed by atoms with E-state index in [1.54, 1.807) is 12.3 Å². The van der Waals surface area contributed by atoms with E-state index in [0.717, 1.165) is 35.4 Å². The van der Waals surface area contributed by atoms with E-state index >= 15 is 0 Å². The molecule has 1 fully saturated rings. The first kappa shape index (κ1) is 16.5. The minimum absolute atomic E-state index is 0.220. The number of nitrogens with zero attached hydrogens (tertiary/aromatic N) is 2. The van der Waals surface area contributed by atoms with Crippen LogP contribution in [0.1, 0.15) is 29.8 Å². The van der Waals surface area contributed by atoms with Gasteiger partial charge in [0.05, 0.1) is 0 Å². The van der Waals surface area contributed by atoms with Crippen LogP contribution in [0.25, 0.3) is 5.57 Å². The maximum absolute atomic E-state index is 15.0. The highest BCUT2D eigenvalue weighted by atomic mass is 32.2. The van der Waals surface area contributed by atoms with Crippen molar-refractivity contribution in [3.8, 4) is 0 Å². The summed E-state index contributed by atoms with van der Waals surface area (Å²) in [6, 6.07) is 3.69. The number of fused-ring (bicyclic) bond motifs is 2. The minimum Gasteiger partial charge on any atom is -0.441 e. The molecule has 3 aliphatic heterocycles. The molecule has 1 amide bonds. The second-order valence-corrected chi connectivity index (χ2v) is 8.48. The van der Waals surface area contributed by atoms with Crippen molar-refractivity contribution in [3.63, 3.8) is 0 Å². The molecular formula is C20H17FN3O2S-. The highest BCUT2D eigenvalue weighted by Crippen LogP contribution is 2.47. The Morgan fingerprint density at radius 2 is 1.93 bits per heavy atom. The van der Waals surface area contributed by atoms with Crippen molar-refractivity contribution < 1.29 is 13.4 Å². The summed E-state index contributed by atoms with van der Waals surface area (Å²) in [6.07, 6.45) is 6.68. The molecule has 27 heavy (non-hydrogen) atoms. The Morgan fingerprint density at radius 3 is 2.59 bits per heavy atom. The molecule has 1 aromatic rings. The number of aryl methyl sites for hydroxylation is 2. The molecule has 1 aromatic heterocycles. The Labute approximate surface area is 158 Å². The molecule has 0 unspecified atom stereocenters. The number of halogens is 1. The molecule has 0 spiro atoms. The van der Waals surface area contributed by atoms with Gasteiger partial charge in [0, 0.05) is 35.1 Å². The van der Waals surface area contributed by atoms with Gasteiger partial charge in [0.1, 0.15) is 5.83 Å². The number of rotatable bonds is 2. The lowest BCUT2D eigenvalue weighted by molar-refractivity contribution is -0.113. The standard InChI is InChI=1S/C20H17FN3O2S/c1-10-5-13(6-11(2)23-10)14-7-17-18(12-3-4-12)15-8-22-20(25)19(15)27(26)24(17)9-16(14)21/h5-9,12H,3-4H2,1-2H3,(H,22,25)/q-1. The predicted molar refractivity (Wildman–Crippen MR) is 102 cm³/mol. The Morgan fingerprint density at radius 1 is 1.22 bits per heavy atom. The molecule has 0 atom stereocenters. The Kier molecular flexibility index (Phi) is 3.46. The number of carbonyl (C=O) groups is 1. The van der Waals surface area contributed by atoms with Gasteiger partial charge in [-0.15, -0.1) is 0 Å². The third-order valence-corrected chi connectivity index (χ3v) is 6.52. The van der Waals surface area contributed by atoms with Crippen molar-refractivity contribution in [1.82, 2.24) is 14.6 Å². The van der Waals surface area contributed by atoms with E-state index < -0.39 is 16.4 Å². The molecule has 0 bridgehead atoms. The highest BCUT2D eigenvalue weighted by Gasteiger charge is 2.37. The van der Waals surface area contributed by atoms with Gasteiger partial charge in [-0.1, -0.05) is 0 Å². The zero-order valence-electron chi connectivity index (χ0n) is 14.9. The lowest BCUT2D eigenvalue weighted by Gasteiger charge is -2.38. The van der Waals surface area contributed by atoms with Gasteiger partial charge in [0.2, 0.25) is 5.91 Å². The Bertz CT molecular complexity index is 1110. The SMILES string of the molecule is Cc1cc(C2=CC3=C(C4CC4)C4=CNC(=O)C4=[S-](=O)N3C=C2F)cc(C)n1. The van der Waals surface area contributed by atoms with Crippen LogP contribution in [0.3, 0.4) is 0 Å². The number of amides is 1. The number of hydrogen-bond acceptors (Lipinski definition) is 4. The van der Waals surface area contributed by atoms with Gasteiger partial charge in [-0.3, -0.25) is 9.78 Å². The van der Waals surface area contributed by atoms with Crippen LogP contribution in [0, 0.1) is 19.8 Å². The zero-order chi connectivity index (χ0) is 18.9. The van der Waals surface area contributed by atoms with Crippen molar-refractivity contribution in [1.29, 1.82) is 0 Å². The van der Waals surface area contributed by atoms with Crippen molar-refractivity contribution in [3.05, 3.63) is 70.2 Å². The molecular weight excluding hydrogens is 365 g/mol. The van der Waals surface area contributed by atoms with Crippen LogP contribution in [0.2, 0.25) is 0 Å². The normalized spacial score (nSPS) is 22.2. The van der Waals surface area contributed by atoms with Crippen molar-refractivity contribution in [2.24, 2.45) is 5.92 Å². The van der Waals surface area contributed by atoms with Crippen LogP contribution in [-0.4, -0.2) is 20.1 Å². The van der Waals surface area contributed by atoms with E-state index in [-0.39, 0.29) is 10.8 Å². The molecule has 4 heterocycles. The summed E-state index contributed by atoms with van der Waals surface area (Å²) >= 11 is 0. The smallest absolute Gasteiger partial charge is 0.233 e. The summed E-state index contributed by atoms with van der Waals surface area (Å²) in [6.45, 7) is 3.75. The van der Waals surface area contributed by atoms with E-state index in [9.17, 15) is 13.4 Å². The number of nitrogens with one attached hydrogen (secondary N) is 1. The largest absolute Gasteiger partial charge is 0.441 e. The van der Waals surface area contributed by atoms with Crippen LogP contribution in [0.4, 0.5) is 4.39 Å². The number of pyridine rings is 1. The maximum Gasteiger partial charge on any atom is 0.233 e. The molecule has 5 rings (SSSR count). The molecule has 1 N–H and O–H groups in total. The minimum atomic E-state index is -1.76. The summed E-state index contributed by atoms with van der Waals surface area (Å²) in [5.74, 6) is -0.537. The number of allylic oxidation sites excluding steroid dienone is 4. The topological polar surface area (TPSA) is 62.3 Å². The first-order chi connectivity index (χ1) is 12.9. The molecule has 1 aliphatic carbocycles. The number of aromatic nitrogens is 1. The number of carbonyl (C=O) groups excluding carboxylic acids is 1. The second kappa shape index (κ2) is 5.66. The van der Waals surface area contributed by atoms with Crippen LogP contribution in [0.5, 0.6) is 0 Å². The molecule has 7 heteroatoms. The molecule has 0 aromatic carbocycles. The van der Waals surface area contributed by atoms with Gasteiger partial charge in [0.15, 0.2) is 0 Å². The molecule has 138 valence electrons. The summed E-state index contributed by atoms with van der Waals surface area (Å²) < 4.78 is 29.3. The van der Waals surface area contributed by atoms with Gasteiger partial charge in [0.25, 0.3) is 0 Å². The molecule has 4 aliphatic rings. The van der Waals surface area contributed by atoms with E-state index in [2.05, 4.69) is 10.3 Å². The maximum atomic E-state index is 15.0. The number of hydrogen-bond donors (Lipinski definition) is 1. The fourth-order valence-electron chi connectivity index (χ4n) is 3.86. The summed E-state index contributed by atoms with van der Waals surface area (Å²) in [5.41, 5.74) is 5.22. The van der Waals surface area contributed by atoms with Crippen molar-refractivity contribution in [2.75, 3.05) is 0 Å². The van der Waals surface area contributed by atoms with Crippen molar-refractivity contribution in [2.45, 2.75) is 26.7 Å². The van der Waals surface area contributed by atoms with Gasteiger partial charge in [-0.2, -0.15) is 10.6 Å². The van der Waals surface area contributed by atoms with Crippen LogP contribution in [0.15, 0.2) is 53.3 Å². The lowest BCUT2D eigenvalue weighted by Crippen LogP contribution is -2.33. The predicted octanol–water partition coefficient (Wildman–Crippen LogP) is 2.95. The lowest BCUT2D eigenvalue weighted by atomic mass is 9.93. The van der Waals surface area contributed by atoms with Gasteiger partial charge in [-0.05, 0) is 72.4 Å². The average Bonchev–Trinajstić information content (AvgIpc) is 3.37. The summed E-state index contributed by atoms with van der Waals surface area (Å²) in [5, 5.41) is 2.65. The fraction of sp³-hybridized carbons (Fsp3) is 0.250. The summed E-state index contributed by atoms with van der Waals surface area (Å²) in [4.78, 5) is 16.7. The van der Waals surface area contributed by atoms with E-state index in [4.69, 9.17) is 0 Å². The van der Waals surface area contributed by atoms with Crippen LogP contribution < -0.4 is 5.32 Å². The fourth-order valence-corrected chi connectivity index (χ4v) is 5.15. The van der Waals surface area contributed by atoms with E-state index in [1.807, 2.05) is 26.0 Å². The van der Waals surface area contributed by atoms with Gasteiger partial charge < -0.3 is 13.8 Å². The molecule has 0 radical (unpaired) electrons. The molecule has 0 saturated heterocycles. The molecule has 1 saturated carbocycles. The van der Waals surface area contributed by atoms with E-state index in [0.29, 0.717) is 22.8 Å². The van der Waals surface area contributed by atoms with Gasteiger partial charge >= 0.3 is 0 Å². The monoisotopic (exact) mass is 382 g/mol. The van der Waals surface area contributed by atoms with Gasteiger partial charge in [-0.25, -0.2) is 4.39 Å². The first-order valence-electron chi connectivity index (χ1n) is 8.83. The quantitative estimate of drug-likeness (QED) is 0.632. The first-order valence-corrected chi connectivity index (χ1v) is 9.94. The zero-order valence-corrected chi connectivity index (χ0v) is 15.7. The van der Waals surface area contributed by atoms with E-state index in [1.165, 1.54) is 10.5 Å².